The fourth-order valence-electron chi connectivity index (χ4n) is 3.43. The second-order valence-electron chi connectivity index (χ2n) is 6.46. The van der Waals surface area contributed by atoms with Gasteiger partial charge in [0.05, 0.1) is 34.6 Å². The summed E-state index contributed by atoms with van der Waals surface area (Å²) < 4.78 is 5.52. The van der Waals surface area contributed by atoms with E-state index in [1.165, 1.54) is 6.20 Å². The van der Waals surface area contributed by atoms with E-state index in [9.17, 15) is 10.1 Å². The number of anilines is 3. The molecule has 140 valence electrons. The van der Waals surface area contributed by atoms with Crippen LogP contribution < -0.4 is 15.0 Å². The zero-order valence-electron chi connectivity index (χ0n) is 15.2. The van der Waals surface area contributed by atoms with Crippen molar-refractivity contribution in [3.05, 3.63) is 53.2 Å². The lowest BCUT2D eigenvalue weighted by Gasteiger charge is -2.20. The summed E-state index contributed by atoms with van der Waals surface area (Å²) >= 11 is 6.25. The molecule has 0 aliphatic carbocycles. The van der Waals surface area contributed by atoms with Crippen LogP contribution in [0.5, 0.6) is 5.75 Å². The zero-order chi connectivity index (χ0) is 19.7. The number of hydrogen-bond acceptors (Lipinski definition) is 5. The predicted octanol–water partition coefficient (Wildman–Crippen LogP) is 4.64. The Morgan fingerprint density at radius 3 is 2.89 bits per heavy atom. The highest BCUT2D eigenvalue weighted by molar-refractivity contribution is 6.35. The number of carbonyl (C=O) groups is 1. The summed E-state index contributed by atoms with van der Waals surface area (Å²) in [7, 11) is 1.57. The average molecular weight is 393 g/mol. The van der Waals surface area contributed by atoms with Crippen molar-refractivity contribution in [2.45, 2.75) is 12.8 Å². The third-order valence-corrected chi connectivity index (χ3v) is 5.09. The van der Waals surface area contributed by atoms with Crippen molar-refractivity contribution < 1.29 is 9.53 Å². The van der Waals surface area contributed by atoms with Gasteiger partial charge < -0.3 is 15.0 Å². The predicted molar refractivity (Wildman–Crippen MR) is 109 cm³/mol. The van der Waals surface area contributed by atoms with E-state index in [1.807, 2.05) is 30.3 Å². The summed E-state index contributed by atoms with van der Waals surface area (Å²) in [4.78, 5) is 18.1. The van der Waals surface area contributed by atoms with E-state index < -0.39 is 0 Å². The molecule has 2 heterocycles. The van der Waals surface area contributed by atoms with E-state index in [1.54, 1.807) is 18.1 Å². The van der Waals surface area contributed by atoms with Gasteiger partial charge in [0.1, 0.15) is 11.8 Å². The molecule has 0 saturated carbocycles. The number of amides is 1. The van der Waals surface area contributed by atoms with E-state index in [4.69, 9.17) is 16.3 Å². The Labute approximate surface area is 167 Å². The summed E-state index contributed by atoms with van der Waals surface area (Å²) in [6, 6.07) is 13.1. The SMILES string of the molecule is COc1cc(Nc2c(C#N)cnc3c(Cl)cccc23)ccc1N1CCCC1=O. The number of rotatable bonds is 4. The van der Waals surface area contributed by atoms with Gasteiger partial charge in [-0.05, 0) is 24.6 Å². The molecule has 0 atom stereocenters. The van der Waals surface area contributed by atoms with Gasteiger partial charge in [0.25, 0.3) is 0 Å². The highest BCUT2D eigenvalue weighted by Gasteiger charge is 2.24. The van der Waals surface area contributed by atoms with Crippen LogP contribution in [0.3, 0.4) is 0 Å². The normalized spacial score (nSPS) is 13.6. The largest absolute Gasteiger partial charge is 0.494 e. The number of nitrogens with zero attached hydrogens (tertiary/aromatic N) is 3. The molecule has 1 aliphatic heterocycles. The first-order chi connectivity index (χ1) is 13.6. The Kier molecular flexibility index (Phi) is 4.76. The second kappa shape index (κ2) is 7.37. The van der Waals surface area contributed by atoms with Gasteiger partial charge in [-0.1, -0.05) is 23.7 Å². The van der Waals surface area contributed by atoms with E-state index >= 15 is 0 Å². The molecule has 2 aromatic carbocycles. The van der Waals surface area contributed by atoms with Gasteiger partial charge in [-0.2, -0.15) is 5.26 Å². The van der Waals surface area contributed by atoms with E-state index in [0.29, 0.717) is 40.5 Å². The van der Waals surface area contributed by atoms with E-state index in [-0.39, 0.29) is 5.91 Å². The molecule has 3 aromatic rings. The van der Waals surface area contributed by atoms with Crippen molar-refractivity contribution in [2.24, 2.45) is 0 Å². The first-order valence-electron chi connectivity index (χ1n) is 8.85. The smallest absolute Gasteiger partial charge is 0.227 e. The lowest BCUT2D eigenvalue weighted by atomic mass is 10.1. The molecule has 1 aromatic heterocycles. The summed E-state index contributed by atoms with van der Waals surface area (Å²) in [6.45, 7) is 0.689. The fraction of sp³-hybridized carbons (Fsp3) is 0.190. The first-order valence-corrected chi connectivity index (χ1v) is 9.23. The maximum Gasteiger partial charge on any atom is 0.227 e. The first kappa shape index (κ1) is 18.1. The van der Waals surface area contributed by atoms with Gasteiger partial charge in [0, 0.05) is 36.3 Å². The van der Waals surface area contributed by atoms with Crippen molar-refractivity contribution >= 4 is 45.5 Å². The summed E-state index contributed by atoms with van der Waals surface area (Å²) in [6.07, 6.45) is 2.90. The number of pyridine rings is 1. The third-order valence-electron chi connectivity index (χ3n) is 4.78. The van der Waals surface area contributed by atoms with Crippen LogP contribution >= 0.6 is 11.6 Å². The van der Waals surface area contributed by atoms with Crippen LogP contribution in [0.15, 0.2) is 42.6 Å². The summed E-state index contributed by atoms with van der Waals surface area (Å²) in [5, 5.41) is 14.1. The van der Waals surface area contributed by atoms with Crippen molar-refractivity contribution in [3.8, 4) is 11.8 Å². The molecule has 28 heavy (non-hydrogen) atoms. The summed E-state index contributed by atoms with van der Waals surface area (Å²) in [5.41, 5.74) is 3.14. The Balaban J connectivity index is 1.77. The number of ether oxygens (including phenoxy) is 1. The van der Waals surface area contributed by atoms with Gasteiger partial charge in [0.15, 0.2) is 0 Å². The average Bonchev–Trinajstić information content (AvgIpc) is 3.14. The molecule has 1 N–H and O–H groups in total. The topological polar surface area (TPSA) is 78.2 Å². The Morgan fingerprint density at radius 1 is 1.32 bits per heavy atom. The Bertz CT molecular complexity index is 1120. The molecule has 1 saturated heterocycles. The van der Waals surface area contributed by atoms with Crippen molar-refractivity contribution in [1.82, 2.24) is 4.98 Å². The van der Waals surface area contributed by atoms with Crippen molar-refractivity contribution in [1.29, 1.82) is 5.26 Å². The Hall–Kier alpha value is -3.30. The van der Waals surface area contributed by atoms with E-state index in [2.05, 4.69) is 16.4 Å². The minimum Gasteiger partial charge on any atom is -0.494 e. The van der Waals surface area contributed by atoms with Gasteiger partial charge in [0.2, 0.25) is 5.91 Å². The standard InChI is InChI=1S/C21H17ClN4O2/c1-28-18-10-14(7-8-17(18)26-9-3-6-19(26)27)25-20-13(11-23)12-24-21-15(20)4-2-5-16(21)22/h2,4-5,7-8,10,12H,3,6,9H2,1H3,(H,24,25). The van der Waals surface area contributed by atoms with Crippen LogP contribution in [0.2, 0.25) is 5.02 Å². The van der Waals surface area contributed by atoms with Crippen LogP contribution in [0.25, 0.3) is 10.9 Å². The van der Waals surface area contributed by atoms with Crippen LogP contribution in [0.1, 0.15) is 18.4 Å². The monoisotopic (exact) mass is 392 g/mol. The lowest BCUT2D eigenvalue weighted by Crippen LogP contribution is -2.24. The number of para-hydroxylation sites is 1. The van der Waals surface area contributed by atoms with Crippen LogP contribution in [0, 0.1) is 11.3 Å². The van der Waals surface area contributed by atoms with Gasteiger partial charge in [-0.25, -0.2) is 0 Å². The summed E-state index contributed by atoms with van der Waals surface area (Å²) in [5.74, 6) is 0.690. The molecular formula is C21H17ClN4O2. The zero-order valence-corrected chi connectivity index (χ0v) is 16.0. The molecule has 0 spiro atoms. The van der Waals surface area contributed by atoms with Gasteiger partial charge in [-0.15, -0.1) is 0 Å². The highest BCUT2D eigenvalue weighted by atomic mass is 35.5. The van der Waals surface area contributed by atoms with Crippen molar-refractivity contribution in [2.75, 3.05) is 23.9 Å². The number of benzene rings is 2. The third kappa shape index (κ3) is 3.10. The van der Waals surface area contributed by atoms with Gasteiger partial charge >= 0.3 is 0 Å². The molecular weight excluding hydrogens is 376 g/mol. The number of aromatic nitrogens is 1. The molecule has 0 bridgehead atoms. The maximum absolute atomic E-state index is 12.1. The number of fused-ring (bicyclic) bond motifs is 1. The molecule has 1 amide bonds. The molecule has 6 nitrogen and oxygen atoms in total. The van der Waals surface area contributed by atoms with Crippen LogP contribution in [-0.4, -0.2) is 24.5 Å². The number of nitrogens with one attached hydrogen (secondary N) is 1. The fourth-order valence-corrected chi connectivity index (χ4v) is 3.66. The number of methoxy groups -OCH3 is 1. The number of hydrogen-bond donors (Lipinski definition) is 1. The van der Waals surface area contributed by atoms with E-state index in [0.717, 1.165) is 23.2 Å². The molecule has 4 rings (SSSR count). The maximum atomic E-state index is 12.1. The highest BCUT2D eigenvalue weighted by Crippen LogP contribution is 2.37. The quantitative estimate of drug-likeness (QED) is 0.699. The lowest BCUT2D eigenvalue weighted by molar-refractivity contribution is -0.117. The number of halogens is 1. The minimum absolute atomic E-state index is 0.0977. The molecule has 1 fully saturated rings. The van der Waals surface area contributed by atoms with Crippen LogP contribution in [0.4, 0.5) is 17.1 Å². The molecule has 0 radical (unpaired) electrons. The molecule has 0 unspecified atom stereocenters. The number of nitriles is 1. The molecule has 7 heteroatoms. The minimum atomic E-state index is 0.0977. The Morgan fingerprint density at radius 2 is 2.18 bits per heavy atom. The second-order valence-corrected chi connectivity index (χ2v) is 6.86. The number of carbonyl (C=O) groups excluding carboxylic acids is 1. The van der Waals surface area contributed by atoms with Crippen LogP contribution in [-0.2, 0) is 4.79 Å². The van der Waals surface area contributed by atoms with Gasteiger partial charge in [-0.3, -0.25) is 9.78 Å². The molecule has 1 aliphatic rings. The van der Waals surface area contributed by atoms with Crippen molar-refractivity contribution in [3.63, 3.8) is 0 Å².